The Kier molecular flexibility index (Phi) is 5.64. The maximum Gasteiger partial charge on any atom is 0.130 e. The van der Waals surface area contributed by atoms with E-state index in [-0.39, 0.29) is 6.04 Å². The molecule has 0 spiro atoms. The van der Waals surface area contributed by atoms with Crippen molar-refractivity contribution >= 4 is 11.4 Å². The maximum absolute atomic E-state index is 13.8. The molecule has 0 saturated heterocycles. The molecule has 1 atom stereocenters. The number of nitrogens with zero attached hydrogens (tertiary/aromatic N) is 1. The summed E-state index contributed by atoms with van der Waals surface area (Å²) in [6.45, 7) is 2.47. The molecule has 0 aromatic heterocycles. The molecule has 26 heavy (non-hydrogen) atoms. The summed E-state index contributed by atoms with van der Waals surface area (Å²) >= 11 is 0. The molecule has 0 amide bonds. The lowest BCUT2D eigenvalue weighted by Gasteiger charge is -2.20. The number of para-hydroxylation sites is 1. The second kappa shape index (κ2) is 8.11. The molecule has 0 radical (unpaired) electrons. The average molecular weight is 352 g/mol. The predicted molar refractivity (Wildman–Crippen MR) is 103 cm³/mol. The number of benzene rings is 3. The number of hydrogen-bond acceptors (Lipinski definition) is 2. The zero-order valence-corrected chi connectivity index (χ0v) is 14.9. The molecule has 3 rings (SSSR count). The molecule has 1 N–H and O–H groups in total. The highest BCUT2D eigenvalue weighted by molar-refractivity contribution is 5.62. The molecule has 0 unspecified atom stereocenters. The molecular weight excluding hydrogens is 330 g/mol. The molecule has 0 heterocycles. The van der Waals surface area contributed by atoms with Crippen LogP contribution >= 0.6 is 0 Å². The monoisotopic (exact) mass is 352 g/mol. The Morgan fingerprint density at radius 3 is 2.19 bits per heavy atom. The fourth-order valence-corrected chi connectivity index (χ4v) is 2.87. The van der Waals surface area contributed by atoms with Gasteiger partial charge in [-0.1, -0.05) is 36.4 Å². The Morgan fingerprint density at radius 2 is 1.54 bits per heavy atom. The van der Waals surface area contributed by atoms with Gasteiger partial charge in [0.1, 0.15) is 11.6 Å². The summed E-state index contributed by atoms with van der Waals surface area (Å²) in [5.41, 5.74) is 3.78. The minimum atomic E-state index is -0.559. The van der Waals surface area contributed by atoms with E-state index >= 15 is 0 Å². The molecule has 4 heteroatoms. The van der Waals surface area contributed by atoms with Gasteiger partial charge in [0.2, 0.25) is 0 Å². The Labute approximate surface area is 153 Å². The summed E-state index contributed by atoms with van der Waals surface area (Å²) in [4.78, 5) is 2.12. The third kappa shape index (κ3) is 4.27. The molecule has 2 nitrogen and oxygen atoms in total. The van der Waals surface area contributed by atoms with Crippen LogP contribution in [0.25, 0.3) is 0 Å². The summed E-state index contributed by atoms with van der Waals surface area (Å²) < 4.78 is 26.9. The Morgan fingerprint density at radius 1 is 0.885 bits per heavy atom. The van der Waals surface area contributed by atoms with Crippen LogP contribution in [0.3, 0.4) is 0 Å². The summed E-state index contributed by atoms with van der Waals surface area (Å²) in [5.74, 6) is -1.08. The van der Waals surface area contributed by atoms with Crippen molar-refractivity contribution in [1.82, 2.24) is 5.32 Å². The fourth-order valence-electron chi connectivity index (χ4n) is 2.87. The van der Waals surface area contributed by atoms with Crippen LogP contribution in [-0.4, -0.2) is 7.05 Å². The van der Waals surface area contributed by atoms with Gasteiger partial charge in [-0.25, -0.2) is 8.78 Å². The van der Waals surface area contributed by atoms with Gasteiger partial charge in [-0.05, 0) is 42.8 Å². The van der Waals surface area contributed by atoms with E-state index in [1.165, 1.54) is 12.1 Å². The lowest BCUT2D eigenvalue weighted by atomic mass is 10.1. The minimum Gasteiger partial charge on any atom is -0.345 e. The second-order valence-electron chi connectivity index (χ2n) is 6.33. The van der Waals surface area contributed by atoms with Crippen molar-refractivity contribution < 1.29 is 8.78 Å². The largest absolute Gasteiger partial charge is 0.345 e. The van der Waals surface area contributed by atoms with Crippen LogP contribution in [0, 0.1) is 11.6 Å². The lowest BCUT2D eigenvalue weighted by molar-refractivity contribution is 0.518. The van der Waals surface area contributed by atoms with Gasteiger partial charge >= 0.3 is 0 Å². The van der Waals surface area contributed by atoms with E-state index in [9.17, 15) is 8.78 Å². The minimum absolute atomic E-state index is 0.206. The van der Waals surface area contributed by atoms with Crippen LogP contribution in [0.15, 0.2) is 72.8 Å². The highest BCUT2D eigenvalue weighted by atomic mass is 19.1. The van der Waals surface area contributed by atoms with Crippen LogP contribution in [0.1, 0.15) is 24.1 Å². The smallest absolute Gasteiger partial charge is 0.130 e. The predicted octanol–water partition coefficient (Wildman–Crippen LogP) is 5.58. The standard InChI is InChI=1S/C22H22F2N2/c1-16(21-13-10-18(23)14-22(21)24)25-15-17-8-11-20(12-9-17)26(2)19-6-4-3-5-7-19/h3-14,16,25H,15H2,1-2H3/t16-/m1/s1. The van der Waals surface area contributed by atoms with Gasteiger partial charge in [-0.2, -0.15) is 0 Å². The number of halogens is 2. The quantitative estimate of drug-likeness (QED) is 0.623. The third-order valence-electron chi connectivity index (χ3n) is 4.51. The highest BCUT2D eigenvalue weighted by Crippen LogP contribution is 2.24. The van der Waals surface area contributed by atoms with Gasteiger partial charge in [-0.15, -0.1) is 0 Å². The zero-order chi connectivity index (χ0) is 18.5. The molecule has 134 valence electrons. The fraction of sp³-hybridized carbons (Fsp3) is 0.182. The first kappa shape index (κ1) is 18.1. The Bertz CT molecular complexity index is 848. The van der Waals surface area contributed by atoms with Crippen LogP contribution in [0.4, 0.5) is 20.2 Å². The number of anilines is 2. The topological polar surface area (TPSA) is 15.3 Å². The van der Waals surface area contributed by atoms with Crippen molar-refractivity contribution in [2.75, 3.05) is 11.9 Å². The van der Waals surface area contributed by atoms with Crippen molar-refractivity contribution in [3.63, 3.8) is 0 Å². The summed E-state index contributed by atoms with van der Waals surface area (Å²) in [7, 11) is 2.03. The molecule has 0 bridgehead atoms. The van der Waals surface area contributed by atoms with E-state index in [0.717, 1.165) is 23.0 Å². The van der Waals surface area contributed by atoms with E-state index in [1.807, 2.05) is 32.2 Å². The molecule has 0 saturated carbocycles. The van der Waals surface area contributed by atoms with Crippen molar-refractivity contribution in [2.45, 2.75) is 19.5 Å². The number of hydrogen-bond donors (Lipinski definition) is 1. The van der Waals surface area contributed by atoms with Crippen LogP contribution in [-0.2, 0) is 6.54 Å². The number of rotatable bonds is 6. The maximum atomic E-state index is 13.8. The molecule has 0 aliphatic heterocycles. The first-order valence-electron chi connectivity index (χ1n) is 8.60. The van der Waals surface area contributed by atoms with Crippen LogP contribution in [0.5, 0.6) is 0 Å². The SMILES string of the molecule is C[C@@H](NCc1ccc(N(C)c2ccccc2)cc1)c1ccc(F)cc1F. The van der Waals surface area contributed by atoms with Gasteiger partial charge in [0.15, 0.2) is 0 Å². The molecule has 3 aromatic rings. The van der Waals surface area contributed by atoms with Crippen LogP contribution < -0.4 is 10.2 Å². The first-order valence-corrected chi connectivity index (χ1v) is 8.60. The molecule has 0 fully saturated rings. The van der Waals surface area contributed by atoms with Gasteiger partial charge in [-0.3, -0.25) is 0 Å². The molecular formula is C22H22F2N2. The lowest BCUT2D eigenvalue weighted by Crippen LogP contribution is -2.19. The van der Waals surface area contributed by atoms with Gasteiger partial charge in [0.25, 0.3) is 0 Å². The third-order valence-corrected chi connectivity index (χ3v) is 4.51. The second-order valence-corrected chi connectivity index (χ2v) is 6.33. The molecule has 3 aromatic carbocycles. The van der Waals surface area contributed by atoms with E-state index in [2.05, 4.69) is 46.6 Å². The van der Waals surface area contributed by atoms with Crippen LogP contribution in [0.2, 0.25) is 0 Å². The summed E-state index contributed by atoms with van der Waals surface area (Å²) in [5, 5.41) is 3.28. The van der Waals surface area contributed by atoms with E-state index in [0.29, 0.717) is 12.1 Å². The Hall–Kier alpha value is -2.72. The van der Waals surface area contributed by atoms with Crippen molar-refractivity contribution in [2.24, 2.45) is 0 Å². The zero-order valence-electron chi connectivity index (χ0n) is 14.9. The Balaban J connectivity index is 1.62. The van der Waals surface area contributed by atoms with E-state index in [4.69, 9.17) is 0 Å². The van der Waals surface area contributed by atoms with Crippen molar-refractivity contribution in [3.05, 3.63) is 95.6 Å². The van der Waals surface area contributed by atoms with Gasteiger partial charge in [0.05, 0.1) is 0 Å². The normalized spacial score (nSPS) is 12.0. The average Bonchev–Trinajstić information content (AvgIpc) is 2.66. The summed E-state index contributed by atoms with van der Waals surface area (Å²) in [6, 6.07) is 21.9. The van der Waals surface area contributed by atoms with E-state index in [1.54, 1.807) is 0 Å². The summed E-state index contributed by atoms with van der Waals surface area (Å²) in [6.07, 6.45) is 0. The van der Waals surface area contributed by atoms with Crippen molar-refractivity contribution in [1.29, 1.82) is 0 Å². The molecule has 0 aliphatic rings. The first-order chi connectivity index (χ1) is 12.5. The van der Waals surface area contributed by atoms with Gasteiger partial charge in [0, 0.05) is 42.6 Å². The molecule has 0 aliphatic carbocycles. The number of nitrogens with one attached hydrogen (secondary N) is 1. The van der Waals surface area contributed by atoms with Crippen molar-refractivity contribution in [3.8, 4) is 0 Å². The van der Waals surface area contributed by atoms with E-state index < -0.39 is 11.6 Å². The van der Waals surface area contributed by atoms with Gasteiger partial charge < -0.3 is 10.2 Å². The highest BCUT2D eigenvalue weighted by Gasteiger charge is 2.11.